The van der Waals surface area contributed by atoms with Gasteiger partial charge in [0.1, 0.15) is 0 Å². The molecule has 118 valence electrons. The Morgan fingerprint density at radius 2 is 2.05 bits per heavy atom. The predicted octanol–water partition coefficient (Wildman–Crippen LogP) is 3.04. The second-order valence-corrected chi connectivity index (χ2v) is 6.54. The van der Waals surface area contributed by atoms with Gasteiger partial charge in [0.2, 0.25) is 0 Å². The van der Waals surface area contributed by atoms with Gasteiger partial charge in [-0.2, -0.15) is 0 Å². The first kappa shape index (κ1) is 16.5. The van der Waals surface area contributed by atoms with Crippen LogP contribution in [0.4, 0.5) is 0 Å². The molecule has 0 radical (unpaired) electrons. The molecule has 2 N–H and O–H groups in total. The molecule has 3 nitrogen and oxygen atoms in total. The van der Waals surface area contributed by atoms with Crippen molar-refractivity contribution in [2.24, 2.45) is 11.7 Å². The van der Waals surface area contributed by atoms with E-state index in [2.05, 4.69) is 56.0 Å². The lowest BCUT2D eigenvalue weighted by Gasteiger charge is -2.48. The van der Waals surface area contributed by atoms with Crippen LogP contribution in [0.5, 0.6) is 0 Å². The average Bonchev–Trinajstić information content (AvgIpc) is 2.53. The van der Waals surface area contributed by atoms with Gasteiger partial charge in [-0.15, -0.1) is 0 Å². The number of rotatable bonds is 6. The summed E-state index contributed by atoms with van der Waals surface area (Å²) >= 11 is 0. The minimum Gasteiger partial charge on any atom is -0.378 e. The summed E-state index contributed by atoms with van der Waals surface area (Å²) < 4.78 is 5.96. The number of hydrogen-bond acceptors (Lipinski definition) is 3. The molecule has 2 atom stereocenters. The Morgan fingerprint density at radius 3 is 2.62 bits per heavy atom. The Bertz CT molecular complexity index is 420. The Hall–Kier alpha value is -0.900. The van der Waals surface area contributed by atoms with Gasteiger partial charge < -0.3 is 10.5 Å². The molecule has 0 saturated carbocycles. The number of ether oxygens (including phenoxy) is 1. The summed E-state index contributed by atoms with van der Waals surface area (Å²) in [5.74, 6) is 0.548. The van der Waals surface area contributed by atoms with Crippen molar-refractivity contribution in [1.29, 1.82) is 0 Å². The Balaban J connectivity index is 2.16. The second kappa shape index (κ2) is 7.39. The zero-order valence-electron chi connectivity index (χ0n) is 13.7. The molecule has 1 fully saturated rings. The lowest BCUT2D eigenvalue weighted by atomic mass is 9.81. The topological polar surface area (TPSA) is 38.5 Å². The summed E-state index contributed by atoms with van der Waals surface area (Å²) in [6.07, 6.45) is 2.40. The van der Waals surface area contributed by atoms with Gasteiger partial charge >= 0.3 is 0 Å². The maximum Gasteiger partial charge on any atom is 0.0616 e. The van der Waals surface area contributed by atoms with E-state index in [-0.39, 0.29) is 5.54 Å². The third-order valence-electron chi connectivity index (χ3n) is 4.87. The highest BCUT2D eigenvalue weighted by atomic mass is 16.5. The van der Waals surface area contributed by atoms with Gasteiger partial charge in [0, 0.05) is 25.2 Å². The minimum absolute atomic E-state index is 0.0811. The van der Waals surface area contributed by atoms with E-state index in [0.29, 0.717) is 18.6 Å². The number of nitrogens with two attached hydrogens (primary N) is 1. The zero-order chi connectivity index (χ0) is 15.3. The summed E-state index contributed by atoms with van der Waals surface area (Å²) in [6, 6.07) is 10.7. The van der Waals surface area contributed by atoms with Crippen molar-refractivity contribution in [1.82, 2.24) is 4.90 Å². The van der Waals surface area contributed by atoms with E-state index >= 15 is 0 Å². The molecular weight excluding hydrogens is 260 g/mol. The third kappa shape index (κ3) is 3.85. The molecular formula is C18H30N2O. The molecule has 0 bridgehead atoms. The van der Waals surface area contributed by atoms with Gasteiger partial charge in [-0.05, 0) is 30.9 Å². The van der Waals surface area contributed by atoms with Gasteiger partial charge in [0.15, 0.2) is 0 Å². The number of likely N-dealkylation sites (N-methyl/N-ethyl adjacent to an activating group) is 1. The molecule has 1 aliphatic rings. The van der Waals surface area contributed by atoms with Crippen LogP contribution in [0.2, 0.25) is 0 Å². The van der Waals surface area contributed by atoms with Crippen LogP contribution in [0.25, 0.3) is 0 Å². The Morgan fingerprint density at radius 1 is 1.33 bits per heavy atom. The second-order valence-electron chi connectivity index (χ2n) is 6.54. The highest BCUT2D eigenvalue weighted by Crippen LogP contribution is 2.33. The number of benzene rings is 1. The van der Waals surface area contributed by atoms with Crippen molar-refractivity contribution in [3.63, 3.8) is 0 Å². The van der Waals surface area contributed by atoms with E-state index < -0.39 is 0 Å². The normalized spacial score (nSPS) is 26.5. The molecule has 1 aliphatic heterocycles. The molecule has 0 amide bonds. The van der Waals surface area contributed by atoms with E-state index in [1.54, 1.807) is 0 Å². The van der Waals surface area contributed by atoms with Crippen LogP contribution in [-0.2, 0) is 11.3 Å². The monoisotopic (exact) mass is 290 g/mol. The van der Waals surface area contributed by atoms with E-state index in [4.69, 9.17) is 10.5 Å². The van der Waals surface area contributed by atoms with Crippen LogP contribution in [0.3, 0.4) is 0 Å². The molecule has 21 heavy (non-hydrogen) atoms. The predicted molar refractivity (Wildman–Crippen MR) is 88.1 cm³/mol. The van der Waals surface area contributed by atoms with Crippen molar-refractivity contribution in [3.05, 3.63) is 35.9 Å². The van der Waals surface area contributed by atoms with Crippen LogP contribution < -0.4 is 5.73 Å². The molecule has 2 rings (SSSR count). The van der Waals surface area contributed by atoms with E-state index in [1.165, 1.54) is 5.56 Å². The fourth-order valence-electron chi connectivity index (χ4n) is 3.38. The highest BCUT2D eigenvalue weighted by molar-refractivity contribution is 5.15. The van der Waals surface area contributed by atoms with Crippen molar-refractivity contribution < 1.29 is 4.74 Å². The first-order chi connectivity index (χ1) is 10.1. The standard InChI is InChI=1S/C18H30N2O/c1-4-20(13-16-8-6-5-7-9-16)18(14-19)10-11-21-17(12-18)15(2)3/h5-9,15,17H,4,10-14,19H2,1-3H3. The van der Waals surface area contributed by atoms with Crippen molar-refractivity contribution in [3.8, 4) is 0 Å². The summed E-state index contributed by atoms with van der Waals surface area (Å²) in [7, 11) is 0. The molecule has 0 aliphatic carbocycles. The maximum atomic E-state index is 6.23. The van der Waals surface area contributed by atoms with Gasteiger partial charge in [-0.3, -0.25) is 4.90 Å². The fourth-order valence-corrected chi connectivity index (χ4v) is 3.38. The molecule has 1 heterocycles. The number of hydrogen-bond donors (Lipinski definition) is 1. The largest absolute Gasteiger partial charge is 0.378 e. The lowest BCUT2D eigenvalue weighted by Crippen LogP contribution is -2.58. The molecule has 0 aromatic heterocycles. The van der Waals surface area contributed by atoms with Crippen LogP contribution >= 0.6 is 0 Å². The van der Waals surface area contributed by atoms with Crippen molar-refractivity contribution in [2.45, 2.75) is 51.8 Å². The molecule has 1 aromatic rings. The Kier molecular flexibility index (Phi) is 5.80. The summed E-state index contributed by atoms with van der Waals surface area (Å²) in [5, 5.41) is 0. The zero-order valence-corrected chi connectivity index (χ0v) is 13.7. The van der Waals surface area contributed by atoms with Crippen LogP contribution in [0, 0.1) is 5.92 Å². The maximum absolute atomic E-state index is 6.23. The molecule has 3 heteroatoms. The SMILES string of the molecule is CCN(Cc1ccccc1)C1(CN)CCOC(C(C)C)C1. The minimum atomic E-state index is 0.0811. The smallest absolute Gasteiger partial charge is 0.0616 e. The Labute approximate surface area is 129 Å². The lowest BCUT2D eigenvalue weighted by molar-refractivity contribution is -0.0888. The van der Waals surface area contributed by atoms with Crippen LogP contribution in [-0.4, -0.2) is 36.2 Å². The molecule has 0 spiro atoms. The average molecular weight is 290 g/mol. The van der Waals surface area contributed by atoms with Gasteiger partial charge in [0.25, 0.3) is 0 Å². The van der Waals surface area contributed by atoms with Crippen LogP contribution in [0.15, 0.2) is 30.3 Å². The summed E-state index contributed by atoms with van der Waals surface area (Å²) in [6.45, 7) is 10.2. The van der Waals surface area contributed by atoms with Crippen LogP contribution in [0.1, 0.15) is 39.2 Å². The number of nitrogens with zero attached hydrogens (tertiary/aromatic N) is 1. The first-order valence-electron chi connectivity index (χ1n) is 8.22. The molecule has 1 aromatic carbocycles. The quantitative estimate of drug-likeness (QED) is 0.875. The van der Waals surface area contributed by atoms with Crippen molar-refractivity contribution >= 4 is 0 Å². The van der Waals surface area contributed by atoms with E-state index in [9.17, 15) is 0 Å². The van der Waals surface area contributed by atoms with Crippen molar-refractivity contribution in [2.75, 3.05) is 19.7 Å². The van der Waals surface area contributed by atoms with Gasteiger partial charge in [0.05, 0.1) is 6.10 Å². The van der Waals surface area contributed by atoms with E-state index in [0.717, 1.165) is 32.5 Å². The molecule has 2 unspecified atom stereocenters. The summed E-state index contributed by atoms with van der Waals surface area (Å²) in [5.41, 5.74) is 7.68. The third-order valence-corrected chi connectivity index (χ3v) is 4.87. The first-order valence-corrected chi connectivity index (χ1v) is 8.22. The van der Waals surface area contributed by atoms with E-state index in [1.807, 2.05) is 0 Å². The molecule has 1 saturated heterocycles. The fraction of sp³-hybridized carbons (Fsp3) is 0.667. The highest BCUT2D eigenvalue weighted by Gasteiger charge is 2.41. The van der Waals surface area contributed by atoms with Gasteiger partial charge in [-0.1, -0.05) is 51.1 Å². The van der Waals surface area contributed by atoms with Gasteiger partial charge in [-0.25, -0.2) is 0 Å². The summed E-state index contributed by atoms with van der Waals surface area (Å²) in [4.78, 5) is 2.56.